The van der Waals surface area contributed by atoms with Crippen LogP contribution in [0.2, 0.25) is 0 Å². The van der Waals surface area contributed by atoms with E-state index in [1.807, 2.05) is 37.3 Å². The number of amides is 1. The lowest BCUT2D eigenvalue weighted by molar-refractivity contribution is -0.117. The van der Waals surface area contributed by atoms with E-state index in [2.05, 4.69) is 5.32 Å². The van der Waals surface area contributed by atoms with Crippen molar-refractivity contribution >= 4 is 23.5 Å². The first-order valence-corrected chi connectivity index (χ1v) is 8.17. The van der Waals surface area contributed by atoms with Crippen LogP contribution in [-0.2, 0) is 14.3 Å². The molecule has 136 valence electrons. The molecule has 2 rings (SSSR count). The lowest BCUT2D eigenvalue weighted by atomic mass is 9.95. The van der Waals surface area contributed by atoms with E-state index in [1.54, 1.807) is 0 Å². The summed E-state index contributed by atoms with van der Waals surface area (Å²) in [4.78, 5) is 36.4. The van der Waals surface area contributed by atoms with E-state index in [0.717, 1.165) is 5.56 Å². The molecule has 1 amide bonds. The Hall–Kier alpha value is -3.15. The van der Waals surface area contributed by atoms with Crippen LogP contribution in [0, 0.1) is 0 Å². The molecule has 0 radical (unpaired) electrons. The van der Waals surface area contributed by atoms with Gasteiger partial charge in [0.05, 0.1) is 31.3 Å². The lowest BCUT2D eigenvalue weighted by Gasteiger charge is -2.16. The summed E-state index contributed by atoms with van der Waals surface area (Å²) in [6.45, 7) is 1.92. The second-order valence-electron chi connectivity index (χ2n) is 5.64. The zero-order valence-electron chi connectivity index (χ0n) is 14.9. The Kier molecular flexibility index (Phi) is 6.49. The molecule has 0 spiro atoms. The number of carbonyl (C=O) groups excluding carboxylic acids is 3. The third kappa shape index (κ3) is 4.47. The number of hydrogen-bond acceptors (Lipinski definition) is 5. The van der Waals surface area contributed by atoms with Crippen molar-refractivity contribution in [3.05, 3.63) is 65.2 Å². The molecule has 0 bridgehead atoms. The van der Waals surface area contributed by atoms with Crippen molar-refractivity contribution in [2.24, 2.45) is 0 Å². The minimum atomic E-state index is -0.610. The zero-order chi connectivity index (χ0) is 19.1. The highest BCUT2D eigenvalue weighted by molar-refractivity contribution is 6.01. The number of methoxy groups -OCH3 is 2. The fourth-order valence-corrected chi connectivity index (χ4v) is 2.66. The summed E-state index contributed by atoms with van der Waals surface area (Å²) in [5.41, 5.74) is 1.52. The summed E-state index contributed by atoms with van der Waals surface area (Å²) < 4.78 is 9.40. The number of rotatable bonds is 6. The van der Waals surface area contributed by atoms with Gasteiger partial charge >= 0.3 is 11.9 Å². The van der Waals surface area contributed by atoms with Crippen molar-refractivity contribution in [2.75, 3.05) is 19.5 Å². The summed E-state index contributed by atoms with van der Waals surface area (Å²) in [6.07, 6.45) is 0.608. The van der Waals surface area contributed by atoms with Gasteiger partial charge in [0.1, 0.15) is 0 Å². The fraction of sp³-hybridized carbons (Fsp3) is 0.250. The highest BCUT2D eigenvalue weighted by Crippen LogP contribution is 2.23. The van der Waals surface area contributed by atoms with Gasteiger partial charge in [-0.15, -0.1) is 0 Å². The van der Waals surface area contributed by atoms with Crippen molar-refractivity contribution in [2.45, 2.75) is 19.3 Å². The zero-order valence-corrected chi connectivity index (χ0v) is 14.9. The number of carbonyl (C=O) groups is 3. The third-order valence-electron chi connectivity index (χ3n) is 3.97. The van der Waals surface area contributed by atoms with Gasteiger partial charge in [0.25, 0.3) is 0 Å². The molecule has 1 N–H and O–H groups in total. The van der Waals surface area contributed by atoms with Crippen molar-refractivity contribution in [3.63, 3.8) is 0 Å². The molecule has 6 nitrogen and oxygen atoms in total. The molecular formula is C20H21NO5. The van der Waals surface area contributed by atoms with Crippen LogP contribution in [0.25, 0.3) is 0 Å². The van der Waals surface area contributed by atoms with Crippen molar-refractivity contribution in [1.82, 2.24) is 0 Å². The van der Waals surface area contributed by atoms with Gasteiger partial charge < -0.3 is 14.8 Å². The number of anilines is 1. The topological polar surface area (TPSA) is 81.7 Å². The Morgan fingerprint density at radius 1 is 0.923 bits per heavy atom. The maximum absolute atomic E-state index is 12.7. The highest BCUT2D eigenvalue weighted by Gasteiger charge is 2.20. The van der Waals surface area contributed by atoms with Gasteiger partial charge in [0.2, 0.25) is 5.91 Å². The summed E-state index contributed by atoms with van der Waals surface area (Å²) in [6, 6.07) is 13.7. The first-order chi connectivity index (χ1) is 12.5. The average molecular weight is 355 g/mol. The van der Waals surface area contributed by atoms with Gasteiger partial charge in [-0.25, -0.2) is 9.59 Å². The maximum Gasteiger partial charge on any atom is 0.337 e. The van der Waals surface area contributed by atoms with Gasteiger partial charge in [-0.05, 0) is 30.2 Å². The molecule has 0 saturated carbocycles. The number of ether oxygens (including phenoxy) is 2. The Bertz CT molecular complexity index is 767. The smallest absolute Gasteiger partial charge is 0.337 e. The van der Waals surface area contributed by atoms with E-state index in [-0.39, 0.29) is 23.0 Å². The molecule has 0 aromatic heterocycles. The molecule has 26 heavy (non-hydrogen) atoms. The highest BCUT2D eigenvalue weighted by atomic mass is 16.5. The third-order valence-corrected chi connectivity index (χ3v) is 3.97. The Morgan fingerprint density at radius 2 is 1.46 bits per heavy atom. The molecule has 0 aliphatic heterocycles. The molecular weight excluding hydrogens is 334 g/mol. The van der Waals surface area contributed by atoms with Gasteiger partial charge in [0.15, 0.2) is 0 Å². The monoisotopic (exact) mass is 355 g/mol. The molecule has 0 aliphatic carbocycles. The Labute approximate surface area is 152 Å². The molecule has 0 heterocycles. The van der Waals surface area contributed by atoms with Crippen LogP contribution in [0.15, 0.2) is 48.5 Å². The quantitative estimate of drug-likeness (QED) is 0.803. The predicted octanol–water partition coefficient (Wildman–Crippen LogP) is 3.39. The molecule has 0 unspecified atom stereocenters. The molecule has 2 aromatic rings. The Morgan fingerprint density at radius 3 is 1.92 bits per heavy atom. The number of nitrogens with one attached hydrogen (secondary N) is 1. The predicted molar refractivity (Wildman–Crippen MR) is 97.2 cm³/mol. The van der Waals surface area contributed by atoms with Crippen LogP contribution in [0.3, 0.4) is 0 Å². The van der Waals surface area contributed by atoms with E-state index in [1.165, 1.54) is 32.4 Å². The van der Waals surface area contributed by atoms with E-state index >= 15 is 0 Å². The second kappa shape index (κ2) is 8.80. The molecule has 0 saturated heterocycles. The molecule has 0 aliphatic rings. The molecule has 0 fully saturated rings. The summed E-state index contributed by atoms with van der Waals surface area (Å²) >= 11 is 0. The van der Waals surface area contributed by atoms with E-state index in [4.69, 9.17) is 9.47 Å². The summed E-state index contributed by atoms with van der Waals surface area (Å²) in [7, 11) is 2.49. The maximum atomic E-state index is 12.7. The number of hydrogen-bond donors (Lipinski definition) is 1. The summed E-state index contributed by atoms with van der Waals surface area (Å²) in [5, 5.41) is 2.78. The van der Waals surface area contributed by atoms with Gasteiger partial charge in [-0.3, -0.25) is 4.79 Å². The number of esters is 2. The van der Waals surface area contributed by atoms with Crippen LogP contribution in [-0.4, -0.2) is 32.1 Å². The van der Waals surface area contributed by atoms with E-state index < -0.39 is 11.9 Å². The van der Waals surface area contributed by atoms with Gasteiger partial charge in [-0.2, -0.15) is 0 Å². The van der Waals surface area contributed by atoms with Crippen LogP contribution in [0.4, 0.5) is 5.69 Å². The minimum absolute atomic E-state index is 0.151. The van der Waals surface area contributed by atoms with Gasteiger partial charge in [0, 0.05) is 5.69 Å². The van der Waals surface area contributed by atoms with E-state index in [9.17, 15) is 14.4 Å². The largest absolute Gasteiger partial charge is 0.465 e. The van der Waals surface area contributed by atoms with Crippen LogP contribution >= 0.6 is 0 Å². The van der Waals surface area contributed by atoms with E-state index in [0.29, 0.717) is 12.1 Å². The van der Waals surface area contributed by atoms with Crippen molar-refractivity contribution in [1.29, 1.82) is 0 Å². The molecule has 2 aromatic carbocycles. The first kappa shape index (κ1) is 19.2. The SMILES string of the molecule is CC[C@@H](C(=O)Nc1cc(C(=O)OC)cc(C(=O)OC)c1)c1ccccc1. The van der Waals surface area contributed by atoms with Crippen molar-refractivity contribution < 1.29 is 23.9 Å². The average Bonchev–Trinajstić information content (AvgIpc) is 2.67. The number of benzene rings is 2. The van der Waals surface area contributed by atoms with Gasteiger partial charge in [-0.1, -0.05) is 37.3 Å². The van der Waals surface area contributed by atoms with Crippen LogP contribution in [0.5, 0.6) is 0 Å². The fourth-order valence-electron chi connectivity index (χ4n) is 2.66. The Balaban J connectivity index is 2.33. The standard InChI is InChI=1S/C20H21NO5/c1-4-17(13-8-6-5-7-9-13)18(22)21-16-11-14(19(23)25-2)10-15(12-16)20(24)26-3/h5-12,17H,4H2,1-3H3,(H,21,22)/t17-/m1/s1. The summed E-state index contributed by atoms with van der Waals surface area (Å²) in [5.74, 6) is -1.79. The first-order valence-electron chi connectivity index (χ1n) is 8.17. The van der Waals surface area contributed by atoms with Crippen LogP contribution in [0.1, 0.15) is 45.5 Å². The van der Waals surface area contributed by atoms with Crippen molar-refractivity contribution in [3.8, 4) is 0 Å². The molecule has 6 heteroatoms. The van der Waals surface area contributed by atoms with Crippen LogP contribution < -0.4 is 5.32 Å². The molecule has 1 atom stereocenters. The normalized spacial score (nSPS) is 11.3. The minimum Gasteiger partial charge on any atom is -0.465 e. The second-order valence-corrected chi connectivity index (χ2v) is 5.64. The lowest BCUT2D eigenvalue weighted by Crippen LogP contribution is -2.21.